The Kier molecular flexibility index (Phi) is 3.80. The number of halogens is 1. The molecule has 6 aliphatic rings. The minimum absolute atomic E-state index is 0.00233. The second-order valence-corrected chi connectivity index (χ2v) is 11.7. The number of ether oxygens (including phenoxy) is 1. The molecule has 1 saturated heterocycles. The first-order valence-corrected chi connectivity index (χ1v) is 12.9. The molecule has 1 unspecified atom stereocenters. The van der Waals surface area contributed by atoms with Gasteiger partial charge in [0.2, 0.25) is 0 Å². The van der Waals surface area contributed by atoms with Crippen LogP contribution in [0.15, 0.2) is 30.3 Å². The summed E-state index contributed by atoms with van der Waals surface area (Å²) >= 11 is 0. The second-order valence-electron chi connectivity index (χ2n) is 11.7. The van der Waals surface area contributed by atoms with Gasteiger partial charge < -0.3 is 14.9 Å². The van der Waals surface area contributed by atoms with Gasteiger partial charge in [-0.05, 0) is 68.4 Å². The number of phenolic OH excluding ortho intramolecular Hbond substituents is 1. The molecule has 2 N–H and O–H groups in total. The Morgan fingerprint density at radius 2 is 1.89 bits per heavy atom. The summed E-state index contributed by atoms with van der Waals surface area (Å²) in [7, 11) is 0. The van der Waals surface area contributed by atoms with Crippen molar-refractivity contribution >= 4 is 11.8 Å². The Balaban J connectivity index is 1.25. The predicted octanol–water partition coefficient (Wildman–Crippen LogP) is 2.75. The molecule has 3 saturated carbocycles. The van der Waals surface area contributed by atoms with E-state index < -0.39 is 40.8 Å². The minimum atomic E-state index is -1.08. The van der Waals surface area contributed by atoms with Crippen LogP contribution < -0.4 is 4.74 Å². The summed E-state index contributed by atoms with van der Waals surface area (Å²) in [6.45, 7) is 3.77. The summed E-state index contributed by atoms with van der Waals surface area (Å²) in [5.74, 6) is -0.391. The van der Waals surface area contributed by atoms with Crippen LogP contribution in [0.1, 0.15) is 57.5 Å². The van der Waals surface area contributed by atoms with Gasteiger partial charge in [-0.3, -0.25) is 19.4 Å². The molecule has 186 valence electrons. The highest BCUT2D eigenvalue weighted by Crippen LogP contribution is 2.73. The lowest BCUT2D eigenvalue weighted by Crippen LogP contribution is -2.92. The molecule has 8 rings (SSSR count). The van der Waals surface area contributed by atoms with Crippen molar-refractivity contribution in [2.45, 2.75) is 61.8 Å². The molecule has 3 aliphatic heterocycles. The zero-order chi connectivity index (χ0) is 24.7. The summed E-state index contributed by atoms with van der Waals surface area (Å²) in [5, 5.41) is 23.2. The fraction of sp³-hybridized carbons (Fsp3) is 0.500. The Bertz CT molecular complexity index is 1390. The molecule has 6 atom stereocenters. The van der Waals surface area contributed by atoms with Crippen LogP contribution in [0.25, 0.3) is 0 Å². The van der Waals surface area contributed by atoms with Gasteiger partial charge in [0.1, 0.15) is 11.9 Å². The van der Waals surface area contributed by atoms with Crippen molar-refractivity contribution in [2.75, 3.05) is 13.1 Å². The highest BCUT2D eigenvalue weighted by Gasteiger charge is 2.85. The van der Waals surface area contributed by atoms with Crippen LogP contribution in [0, 0.1) is 24.6 Å². The van der Waals surface area contributed by atoms with E-state index in [2.05, 4.69) is 4.90 Å². The number of imide groups is 1. The predicted molar refractivity (Wildman–Crippen MR) is 125 cm³/mol. The number of benzene rings is 2. The highest BCUT2D eigenvalue weighted by molar-refractivity contribution is 6.21. The lowest BCUT2D eigenvalue weighted by molar-refractivity contribution is -0.320. The summed E-state index contributed by atoms with van der Waals surface area (Å²) in [5.41, 5.74) is 0.0919. The van der Waals surface area contributed by atoms with Crippen LogP contribution in [-0.4, -0.2) is 68.7 Å². The number of phenols is 1. The van der Waals surface area contributed by atoms with E-state index in [-0.39, 0.29) is 28.8 Å². The van der Waals surface area contributed by atoms with Crippen molar-refractivity contribution < 1.29 is 28.9 Å². The molecule has 2 aromatic carbocycles. The molecule has 0 radical (unpaired) electrons. The molecule has 8 heteroatoms. The molecule has 7 nitrogen and oxygen atoms in total. The quantitative estimate of drug-likeness (QED) is 0.644. The highest BCUT2D eigenvalue weighted by atomic mass is 19.1. The molecule has 4 fully saturated rings. The molecule has 36 heavy (non-hydrogen) atoms. The maximum Gasteiger partial charge on any atom is 0.262 e. The SMILES string of the molecule is Cc1ccc(O)c2c1[C@]13C4CN(CC5CC5)[C@H]4[C@]1(O)CC[C@@H](N1C(=O)c4ccc(F)cc4C1=O)[C@@H]3O2. The number of aromatic hydroxyl groups is 1. The van der Waals surface area contributed by atoms with Gasteiger partial charge in [0.05, 0.1) is 28.2 Å². The largest absolute Gasteiger partial charge is 0.504 e. The van der Waals surface area contributed by atoms with Crippen molar-refractivity contribution in [3.63, 3.8) is 0 Å². The molecule has 3 aliphatic carbocycles. The zero-order valence-corrected chi connectivity index (χ0v) is 19.9. The first-order chi connectivity index (χ1) is 17.3. The topological polar surface area (TPSA) is 90.3 Å². The van der Waals surface area contributed by atoms with Gasteiger partial charge in [-0.15, -0.1) is 0 Å². The maximum atomic E-state index is 13.9. The molecular weight excluding hydrogens is 463 g/mol. The Hall–Kier alpha value is -2.97. The number of carbonyl (C=O) groups is 2. The fourth-order valence-corrected chi connectivity index (χ4v) is 8.48. The van der Waals surface area contributed by atoms with Gasteiger partial charge in [-0.1, -0.05) is 6.07 Å². The van der Waals surface area contributed by atoms with Gasteiger partial charge in [0.15, 0.2) is 11.5 Å². The monoisotopic (exact) mass is 490 g/mol. The number of likely N-dealkylation sites (tertiary alicyclic amines) is 1. The number of fused-ring (bicyclic) bond motifs is 4. The number of piperidine rings is 1. The van der Waals surface area contributed by atoms with E-state index in [4.69, 9.17) is 4.74 Å². The third-order valence-electron chi connectivity index (χ3n) is 10.0. The number of nitrogens with zero attached hydrogens (tertiary/aromatic N) is 2. The van der Waals surface area contributed by atoms with Crippen molar-refractivity contribution in [2.24, 2.45) is 11.8 Å². The second kappa shape index (κ2) is 6.47. The van der Waals surface area contributed by atoms with Gasteiger partial charge in [-0.2, -0.15) is 0 Å². The number of amides is 2. The van der Waals surface area contributed by atoms with Crippen molar-refractivity contribution in [3.8, 4) is 11.5 Å². The van der Waals surface area contributed by atoms with E-state index in [1.807, 2.05) is 13.0 Å². The number of rotatable bonds is 3. The summed E-state index contributed by atoms with van der Waals surface area (Å²) in [6.07, 6.45) is 2.58. The molecular formula is C28H27FN2O5. The van der Waals surface area contributed by atoms with Gasteiger partial charge >= 0.3 is 0 Å². The Morgan fingerprint density at radius 1 is 1.11 bits per heavy atom. The lowest BCUT2D eigenvalue weighted by atomic mass is 9.35. The van der Waals surface area contributed by atoms with Crippen molar-refractivity contribution in [1.29, 1.82) is 0 Å². The van der Waals surface area contributed by atoms with Crippen LogP contribution in [0.5, 0.6) is 11.5 Å². The van der Waals surface area contributed by atoms with Gasteiger partial charge in [0.25, 0.3) is 11.8 Å². The van der Waals surface area contributed by atoms with E-state index in [1.54, 1.807) is 6.07 Å². The van der Waals surface area contributed by atoms with E-state index in [0.29, 0.717) is 24.5 Å². The smallest absolute Gasteiger partial charge is 0.262 e. The van der Waals surface area contributed by atoms with E-state index in [0.717, 1.165) is 30.3 Å². The molecule has 3 heterocycles. The van der Waals surface area contributed by atoms with Crippen LogP contribution >= 0.6 is 0 Å². The third kappa shape index (κ3) is 2.19. The Labute approximate surface area is 207 Å². The number of carbonyl (C=O) groups excluding carboxylic acids is 2. The minimum Gasteiger partial charge on any atom is -0.504 e. The van der Waals surface area contributed by atoms with E-state index in [9.17, 15) is 24.2 Å². The van der Waals surface area contributed by atoms with Crippen molar-refractivity contribution in [1.82, 2.24) is 9.80 Å². The number of hydrogen-bond acceptors (Lipinski definition) is 6. The molecule has 1 spiro atoms. The van der Waals surface area contributed by atoms with Gasteiger partial charge in [-0.25, -0.2) is 4.39 Å². The average Bonchev–Trinajstić information content (AvgIpc) is 3.52. The van der Waals surface area contributed by atoms with Crippen LogP contribution in [-0.2, 0) is 5.41 Å². The standard InChI is InChI=1S/C28H27FN2O5/c1-13-2-7-20(32)22-21(13)28-18-12-30(11-14-3-4-14)23(18)27(28,35)9-8-19(24(28)36-22)31-25(33)16-6-5-15(29)10-17(16)26(31)34/h2,5-7,10,14,18-19,23-24,32,35H,3-4,8-9,11-12H2,1H3/t18?,19-,23-,24+,27-,28+/m1/s1. The van der Waals surface area contributed by atoms with E-state index >= 15 is 0 Å². The molecule has 2 amide bonds. The van der Waals surface area contributed by atoms with Gasteiger partial charge in [0, 0.05) is 30.6 Å². The first-order valence-electron chi connectivity index (χ1n) is 12.9. The third-order valence-corrected chi connectivity index (χ3v) is 10.0. The zero-order valence-electron chi connectivity index (χ0n) is 19.9. The van der Waals surface area contributed by atoms with Crippen LogP contribution in [0.2, 0.25) is 0 Å². The Morgan fingerprint density at radius 3 is 2.67 bits per heavy atom. The van der Waals surface area contributed by atoms with Crippen LogP contribution in [0.3, 0.4) is 0 Å². The number of aryl methyl sites for hydroxylation is 1. The number of hydrogen-bond donors (Lipinski definition) is 2. The normalized spacial score (nSPS) is 37.8. The summed E-state index contributed by atoms with van der Waals surface area (Å²) < 4.78 is 20.4. The van der Waals surface area contributed by atoms with Crippen LogP contribution in [0.4, 0.5) is 4.39 Å². The maximum absolute atomic E-state index is 13.9. The first kappa shape index (κ1) is 21.1. The van der Waals surface area contributed by atoms with Crippen molar-refractivity contribution in [3.05, 3.63) is 58.4 Å². The average molecular weight is 491 g/mol. The molecule has 2 aromatic rings. The molecule has 0 bridgehead atoms. The fourth-order valence-electron chi connectivity index (χ4n) is 8.48. The summed E-state index contributed by atoms with van der Waals surface area (Å²) in [4.78, 5) is 30.5. The number of aliphatic hydroxyl groups is 1. The van der Waals surface area contributed by atoms with E-state index in [1.165, 1.54) is 29.9 Å². The molecule has 0 aromatic heterocycles. The summed E-state index contributed by atoms with van der Waals surface area (Å²) in [6, 6.07) is 6.48. The lowest BCUT2D eigenvalue weighted by Gasteiger charge is -2.78.